The summed E-state index contributed by atoms with van der Waals surface area (Å²) < 4.78 is 39.5. The van der Waals surface area contributed by atoms with Crippen LogP contribution in [0.15, 0.2) is 12.1 Å². The summed E-state index contributed by atoms with van der Waals surface area (Å²) >= 11 is 0. The van der Waals surface area contributed by atoms with E-state index in [1.165, 1.54) is 6.92 Å². The lowest BCUT2D eigenvalue weighted by molar-refractivity contribution is -0.136. The van der Waals surface area contributed by atoms with Gasteiger partial charge in [-0.3, -0.25) is 14.9 Å². The van der Waals surface area contributed by atoms with Gasteiger partial charge in [-0.15, -0.1) is 0 Å². The van der Waals surface area contributed by atoms with E-state index in [-0.39, 0.29) is 12.0 Å². The van der Waals surface area contributed by atoms with E-state index in [2.05, 4.69) is 5.32 Å². The topological polar surface area (TPSA) is 46.2 Å². The Morgan fingerprint density at radius 1 is 1.11 bits per heavy atom. The van der Waals surface area contributed by atoms with Crippen LogP contribution in [0, 0.1) is 23.4 Å². The predicted molar refractivity (Wildman–Crippen MR) is 56.0 cm³/mol. The first-order valence-corrected chi connectivity index (χ1v) is 5.38. The van der Waals surface area contributed by atoms with Gasteiger partial charge in [0.2, 0.25) is 11.8 Å². The second-order valence-electron chi connectivity index (χ2n) is 4.30. The Balaban J connectivity index is 2.44. The van der Waals surface area contributed by atoms with E-state index >= 15 is 0 Å². The average Bonchev–Trinajstić information content (AvgIpc) is 2.29. The van der Waals surface area contributed by atoms with E-state index in [0.717, 1.165) is 0 Å². The molecule has 1 fully saturated rings. The predicted octanol–water partition coefficient (Wildman–Crippen LogP) is 1.87. The smallest absolute Gasteiger partial charge is 0.230 e. The van der Waals surface area contributed by atoms with E-state index in [4.69, 9.17) is 0 Å². The Morgan fingerprint density at radius 3 is 2.39 bits per heavy atom. The lowest BCUT2D eigenvalue weighted by atomic mass is 9.81. The Kier molecular flexibility index (Phi) is 3.11. The first-order valence-electron chi connectivity index (χ1n) is 5.38. The Labute approximate surface area is 101 Å². The van der Waals surface area contributed by atoms with E-state index in [1.807, 2.05) is 0 Å². The number of benzene rings is 1. The van der Waals surface area contributed by atoms with Crippen molar-refractivity contribution < 1.29 is 22.8 Å². The molecule has 0 aromatic heterocycles. The molecule has 1 aromatic rings. The largest absolute Gasteiger partial charge is 0.296 e. The standard InChI is InChI=1S/C12H10F3NO2/c1-5-6(3-11(17)16-12(5)18)7-2-9(14)10(15)4-8(7)13/h2,4-6H,3H2,1H3,(H,16,17,18). The molecule has 2 rings (SSSR count). The number of amides is 2. The number of carbonyl (C=O) groups is 2. The van der Waals surface area contributed by atoms with Crippen molar-refractivity contribution in [3.05, 3.63) is 35.1 Å². The van der Waals surface area contributed by atoms with Crippen LogP contribution >= 0.6 is 0 Å². The minimum absolute atomic E-state index is 0.130. The third kappa shape index (κ3) is 2.10. The van der Waals surface area contributed by atoms with Gasteiger partial charge >= 0.3 is 0 Å². The zero-order valence-electron chi connectivity index (χ0n) is 9.47. The molecule has 2 unspecified atom stereocenters. The maximum Gasteiger partial charge on any atom is 0.230 e. The summed E-state index contributed by atoms with van der Waals surface area (Å²) in [6, 6.07) is 1.13. The van der Waals surface area contributed by atoms with Gasteiger partial charge in [0.25, 0.3) is 0 Å². The molecule has 1 aliphatic heterocycles. The number of hydrogen-bond donors (Lipinski definition) is 1. The molecule has 0 radical (unpaired) electrons. The second-order valence-corrected chi connectivity index (χ2v) is 4.30. The maximum atomic E-state index is 13.6. The fraction of sp³-hybridized carbons (Fsp3) is 0.333. The van der Waals surface area contributed by atoms with Gasteiger partial charge in [-0.05, 0) is 11.6 Å². The van der Waals surface area contributed by atoms with Crippen LogP contribution in [-0.2, 0) is 9.59 Å². The number of hydrogen-bond acceptors (Lipinski definition) is 2. The Morgan fingerprint density at radius 2 is 1.72 bits per heavy atom. The molecule has 0 aliphatic carbocycles. The molecule has 2 atom stereocenters. The first kappa shape index (κ1) is 12.6. The zero-order valence-corrected chi connectivity index (χ0v) is 9.47. The van der Waals surface area contributed by atoms with Gasteiger partial charge in [-0.25, -0.2) is 13.2 Å². The molecule has 1 saturated heterocycles. The highest BCUT2D eigenvalue weighted by atomic mass is 19.2. The number of nitrogens with one attached hydrogen (secondary N) is 1. The number of halogens is 3. The molecule has 1 aromatic carbocycles. The molecule has 6 heteroatoms. The number of imide groups is 1. The van der Waals surface area contributed by atoms with Crippen molar-refractivity contribution in [1.82, 2.24) is 5.32 Å². The number of piperidine rings is 1. The van der Waals surface area contributed by atoms with Gasteiger partial charge in [-0.2, -0.15) is 0 Å². The van der Waals surface area contributed by atoms with Crippen LogP contribution in [0.1, 0.15) is 24.8 Å². The molecular weight excluding hydrogens is 247 g/mol. The summed E-state index contributed by atoms with van der Waals surface area (Å²) in [7, 11) is 0. The van der Waals surface area contributed by atoms with E-state index in [0.29, 0.717) is 12.1 Å². The molecular formula is C12H10F3NO2. The van der Waals surface area contributed by atoms with Crippen LogP contribution in [0.2, 0.25) is 0 Å². The first-order chi connectivity index (χ1) is 8.40. The van der Waals surface area contributed by atoms with E-state index < -0.39 is 41.1 Å². The van der Waals surface area contributed by atoms with Gasteiger partial charge < -0.3 is 0 Å². The second kappa shape index (κ2) is 4.44. The molecule has 2 amide bonds. The molecule has 18 heavy (non-hydrogen) atoms. The van der Waals surface area contributed by atoms with Crippen LogP contribution in [-0.4, -0.2) is 11.8 Å². The lowest BCUT2D eigenvalue weighted by Crippen LogP contribution is -2.43. The molecule has 1 N–H and O–H groups in total. The zero-order chi connectivity index (χ0) is 13.4. The van der Waals surface area contributed by atoms with Crippen molar-refractivity contribution in [2.24, 2.45) is 5.92 Å². The van der Waals surface area contributed by atoms with Crippen molar-refractivity contribution in [2.45, 2.75) is 19.3 Å². The molecule has 3 nitrogen and oxygen atoms in total. The molecule has 0 spiro atoms. The Bertz CT molecular complexity index is 530. The van der Waals surface area contributed by atoms with Crippen LogP contribution < -0.4 is 5.32 Å². The quantitative estimate of drug-likeness (QED) is 0.616. The van der Waals surface area contributed by atoms with Crippen LogP contribution in [0.5, 0.6) is 0 Å². The molecule has 0 bridgehead atoms. The average molecular weight is 257 g/mol. The summed E-state index contributed by atoms with van der Waals surface area (Å²) in [6.45, 7) is 1.51. The van der Waals surface area contributed by atoms with E-state index in [1.54, 1.807) is 0 Å². The highest BCUT2D eigenvalue weighted by Crippen LogP contribution is 2.33. The number of carbonyl (C=O) groups excluding carboxylic acids is 2. The maximum absolute atomic E-state index is 13.6. The monoisotopic (exact) mass is 257 g/mol. The normalized spacial score (nSPS) is 24.0. The lowest BCUT2D eigenvalue weighted by Gasteiger charge is -2.27. The SMILES string of the molecule is CC1C(=O)NC(=O)CC1c1cc(F)c(F)cc1F. The molecule has 0 saturated carbocycles. The third-order valence-electron chi connectivity index (χ3n) is 3.12. The minimum Gasteiger partial charge on any atom is -0.296 e. The van der Waals surface area contributed by atoms with Crippen molar-refractivity contribution in [3.63, 3.8) is 0 Å². The van der Waals surface area contributed by atoms with E-state index in [9.17, 15) is 22.8 Å². The molecule has 1 aliphatic rings. The summed E-state index contributed by atoms with van der Waals surface area (Å²) in [5.41, 5.74) is -0.149. The van der Waals surface area contributed by atoms with Crippen molar-refractivity contribution in [3.8, 4) is 0 Å². The Hall–Kier alpha value is -1.85. The number of rotatable bonds is 1. The fourth-order valence-electron chi connectivity index (χ4n) is 2.06. The third-order valence-corrected chi connectivity index (χ3v) is 3.12. The summed E-state index contributed by atoms with van der Waals surface area (Å²) in [4.78, 5) is 22.7. The summed E-state index contributed by atoms with van der Waals surface area (Å²) in [5.74, 6) is -5.99. The summed E-state index contributed by atoms with van der Waals surface area (Å²) in [5, 5.41) is 2.11. The highest BCUT2D eigenvalue weighted by Gasteiger charge is 2.35. The van der Waals surface area contributed by atoms with Gasteiger partial charge in [0.15, 0.2) is 11.6 Å². The highest BCUT2D eigenvalue weighted by molar-refractivity contribution is 5.99. The molecule has 96 valence electrons. The van der Waals surface area contributed by atoms with Crippen molar-refractivity contribution in [1.29, 1.82) is 0 Å². The van der Waals surface area contributed by atoms with Crippen molar-refractivity contribution in [2.75, 3.05) is 0 Å². The van der Waals surface area contributed by atoms with Crippen LogP contribution in [0.3, 0.4) is 0 Å². The fourth-order valence-corrected chi connectivity index (χ4v) is 2.06. The van der Waals surface area contributed by atoms with Gasteiger partial charge in [0.1, 0.15) is 5.82 Å². The van der Waals surface area contributed by atoms with Crippen molar-refractivity contribution >= 4 is 11.8 Å². The minimum atomic E-state index is -1.30. The molecule has 1 heterocycles. The summed E-state index contributed by atoms with van der Waals surface area (Å²) in [6.07, 6.45) is -0.130. The van der Waals surface area contributed by atoms with Gasteiger partial charge in [0.05, 0.1) is 0 Å². The van der Waals surface area contributed by atoms with Crippen LogP contribution in [0.25, 0.3) is 0 Å². The van der Waals surface area contributed by atoms with Gasteiger partial charge in [0, 0.05) is 24.3 Å². The van der Waals surface area contributed by atoms with Crippen LogP contribution in [0.4, 0.5) is 13.2 Å². The van der Waals surface area contributed by atoms with Gasteiger partial charge in [-0.1, -0.05) is 6.92 Å².